The van der Waals surface area contributed by atoms with Crippen LogP contribution in [0.15, 0.2) is 35.6 Å². The zero-order valence-corrected chi connectivity index (χ0v) is 17.8. The predicted octanol–water partition coefficient (Wildman–Crippen LogP) is 2.49. The summed E-state index contributed by atoms with van der Waals surface area (Å²) < 4.78 is 7.18. The molecule has 3 rings (SSSR count). The number of thioether (sulfide) groups is 1. The molecule has 154 valence electrons. The fraction of sp³-hybridized carbons (Fsp3) is 0.400. The maximum absolute atomic E-state index is 13.0. The second kappa shape index (κ2) is 9.13. The standard InChI is InChI=1S/C20H25N5O3S/c1-5-24-12-15(10-22-24)23-20-25(19(27)17(29-20)9-18(26)21-3)11-14-7-6-13(2)16(8-14)28-4/h6-8,10,12,17H,5,9,11H2,1-4H3,(H,21,26). The maximum atomic E-state index is 13.0. The Labute approximate surface area is 174 Å². The van der Waals surface area contributed by atoms with Gasteiger partial charge in [0.15, 0.2) is 5.17 Å². The molecule has 0 bridgehead atoms. The zero-order valence-electron chi connectivity index (χ0n) is 17.0. The van der Waals surface area contributed by atoms with E-state index in [4.69, 9.17) is 4.74 Å². The highest BCUT2D eigenvalue weighted by Gasteiger charge is 2.39. The van der Waals surface area contributed by atoms with E-state index in [0.717, 1.165) is 23.4 Å². The molecule has 2 amide bonds. The Hall–Kier alpha value is -2.81. The van der Waals surface area contributed by atoms with E-state index in [-0.39, 0.29) is 18.2 Å². The molecule has 0 aliphatic carbocycles. The molecule has 1 aromatic heterocycles. The van der Waals surface area contributed by atoms with Gasteiger partial charge >= 0.3 is 0 Å². The number of benzene rings is 1. The maximum Gasteiger partial charge on any atom is 0.242 e. The Morgan fingerprint density at radius 2 is 2.21 bits per heavy atom. The summed E-state index contributed by atoms with van der Waals surface area (Å²) in [7, 11) is 3.19. The summed E-state index contributed by atoms with van der Waals surface area (Å²) in [6.07, 6.45) is 3.61. The van der Waals surface area contributed by atoms with Crippen molar-refractivity contribution in [2.75, 3.05) is 14.2 Å². The van der Waals surface area contributed by atoms with Crippen molar-refractivity contribution in [3.63, 3.8) is 0 Å². The molecule has 2 aromatic rings. The number of nitrogens with one attached hydrogen (secondary N) is 1. The van der Waals surface area contributed by atoms with Crippen molar-refractivity contribution in [2.24, 2.45) is 4.99 Å². The van der Waals surface area contributed by atoms with Gasteiger partial charge in [0.05, 0.1) is 26.0 Å². The molecule has 9 heteroatoms. The van der Waals surface area contributed by atoms with Gasteiger partial charge in [-0.1, -0.05) is 23.9 Å². The molecule has 29 heavy (non-hydrogen) atoms. The van der Waals surface area contributed by atoms with Gasteiger partial charge in [-0.2, -0.15) is 5.10 Å². The van der Waals surface area contributed by atoms with E-state index < -0.39 is 5.25 Å². The number of rotatable bonds is 7. The van der Waals surface area contributed by atoms with E-state index in [2.05, 4.69) is 15.4 Å². The molecule has 0 radical (unpaired) electrons. The number of ether oxygens (including phenoxy) is 1. The van der Waals surface area contributed by atoms with E-state index >= 15 is 0 Å². The summed E-state index contributed by atoms with van der Waals surface area (Å²) in [4.78, 5) is 31.1. The number of carbonyl (C=O) groups excluding carboxylic acids is 2. The number of amides is 2. The van der Waals surface area contributed by atoms with Gasteiger partial charge in [0.2, 0.25) is 11.8 Å². The predicted molar refractivity (Wildman–Crippen MR) is 113 cm³/mol. The third kappa shape index (κ3) is 4.79. The third-order valence-electron chi connectivity index (χ3n) is 4.65. The first-order chi connectivity index (χ1) is 13.9. The second-order valence-electron chi connectivity index (χ2n) is 6.66. The van der Waals surface area contributed by atoms with Crippen LogP contribution in [0.5, 0.6) is 5.75 Å². The number of aliphatic imine (C=N–C) groups is 1. The van der Waals surface area contributed by atoms with Crippen LogP contribution in [0.25, 0.3) is 0 Å². The number of hydrogen-bond acceptors (Lipinski definition) is 6. The molecule has 1 aliphatic rings. The van der Waals surface area contributed by atoms with Crippen LogP contribution in [-0.2, 0) is 22.7 Å². The first-order valence-corrected chi connectivity index (χ1v) is 10.3. The van der Waals surface area contributed by atoms with Crippen molar-refractivity contribution in [2.45, 2.75) is 38.6 Å². The summed E-state index contributed by atoms with van der Waals surface area (Å²) in [5, 5.41) is 6.89. The van der Waals surface area contributed by atoms with Crippen LogP contribution in [0.1, 0.15) is 24.5 Å². The number of aromatic nitrogens is 2. The Morgan fingerprint density at radius 1 is 1.41 bits per heavy atom. The number of aryl methyl sites for hydroxylation is 2. The number of nitrogens with zero attached hydrogens (tertiary/aromatic N) is 4. The first kappa shape index (κ1) is 20.9. The number of amidine groups is 1. The molecule has 8 nitrogen and oxygen atoms in total. The minimum absolute atomic E-state index is 0.112. The smallest absolute Gasteiger partial charge is 0.242 e. The largest absolute Gasteiger partial charge is 0.496 e. The van der Waals surface area contributed by atoms with Gasteiger partial charge in [0, 0.05) is 20.0 Å². The SMILES string of the molecule is CCn1cc(N=C2SC(CC(=O)NC)C(=O)N2Cc2ccc(C)c(OC)c2)cn1. The van der Waals surface area contributed by atoms with Crippen LogP contribution in [0.4, 0.5) is 5.69 Å². The molecule has 1 unspecified atom stereocenters. The molecule has 0 saturated carbocycles. The van der Waals surface area contributed by atoms with Gasteiger partial charge in [0.1, 0.15) is 16.7 Å². The van der Waals surface area contributed by atoms with Crippen LogP contribution in [-0.4, -0.2) is 51.1 Å². The highest BCUT2D eigenvalue weighted by atomic mass is 32.2. The molecule has 1 fully saturated rings. The molecule has 1 aromatic carbocycles. The fourth-order valence-electron chi connectivity index (χ4n) is 2.98. The molecular formula is C20H25N5O3S. The molecular weight excluding hydrogens is 390 g/mol. The number of carbonyl (C=O) groups is 2. The van der Waals surface area contributed by atoms with Gasteiger partial charge in [-0.15, -0.1) is 0 Å². The number of hydrogen-bond donors (Lipinski definition) is 1. The monoisotopic (exact) mass is 415 g/mol. The molecule has 1 N–H and O–H groups in total. The highest BCUT2D eigenvalue weighted by molar-refractivity contribution is 8.15. The van der Waals surface area contributed by atoms with Crippen molar-refractivity contribution in [3.05, 3.63) is 41.7 Å². The zero-order chi connectivity index (χ0) is 21.0. The minimum atomic E-state index is -0.498. The van der Waals surface area contributed by atoms with Crippen LogP contribution in [0.3, 0.4) is 0 Å². The average Bonchev–Trinajstić information content (AvgIpc) is 3.29. The van der Waals surface area contributed by atoms with E-state index in [9.17, 15) is 9.59 Å². The molecule has 1 aliphatic heterocycles. The van der Waals surface area contributed by atoms with Crippen LogP contribution in [0, 0.1) is 6.92 Å². The normalized spacial score (nSPS) is 17.8. The topological polar surface area (TPSA) is 88.8 Å². The summed E-state index contributed by atoms with van der Waals surface area (Å²) in [6.45, 7) is 5.06. The van der Waals surface area contributed by atoms with E-state index in [1.165, 1.54) is 11.8 Å². The van der Waals surface area contributed by atoms with Gasteiger partial charge in [-0.3, -0.25) is 19.2 Å². The van der Waals surface area contributed by atoms with Crippen LogP contribution >= 0.6 is 11.8 Å². The highest BCUT2D eigenvalue weighted by Crippen LogP contribution is 2.33. The number of methoxy groups -OCH3 is 1. The summed E-state index contributed by atoms with van der Waals surface area (Å²) in [6, 6.07) is 5.85. The van der Waals surface area contributed by atoms with Crippen molar-refractivity contribution >= 4 is 34.4 Å². The van der Waals surface area contributed by atoms with Gasteiger partial charge < -0.3 is 10.1 Å². The van der Waals surface area contributed by atoms with E-state index in [1.54, 1.807) is 29.9 Å². The van der Waals surface area contributed by atoms with Gasteiger partial charge in [-0.25, -0.2) is 4.99 Å². The first-order valence-electron chi connectivity index (χ1n) is 9.38. The van der Waals surface area contributed by atoms with Gasteiger partial charge in [-0.05, 0) is 31.0 Å². The Morgan fingerprint density at radius 3 is 2.86 bits per heavy atom. The second-order valence-corrected chi connectivity index (χ2v) is 7.83. The lowest BCUT2D eigenvalue weighted by Crippen LogP contribution is -2.33. The third-order valence-corrected chi connectivity index (χ3v) is 5.83. The van der Waals surface area contributed by atoms with Crippen LogP contribution < -0.4 is 10.1 Å². The molecule has 0 spiro atoms. The van der Waals surface area contributed by atoms with Crippen molar-refractivity contribution in [1.29, 1.82) is 0 Å². The quantitative estimate of drug-likeness (QED) is 0.751. The summed E-state index contributed by atoms with van der Waals surface area (Å²) >= 11 is 1.31. The van der Waals surface area contributed by atoms with E-state index in [0.29, 0.717) is 17.4 Å². The van der Waals surface area contributed by atoms with E-state index in [1.807, 2.05) is 38.2 Å². The molecule has 2 heterocycles. The lowest BCUT2D eigenvalue weighted by molar-refractivity contribution is -0.129. The summed E-state index contributed by atoms with van der Waals surface area (Å²) in [5.74, 6) is 0.471. The van der Waals surface area contributed by atoms with Crippen LogP contribution in [0.2, 0.25) is 0 Å². The van der Waals surface area contributed by atoms with Crippen molar-refractivity contribution < 1.29 is 14.3 Å². The van der Waals surface area contributed by atoms with Crippen molar-refractivity contribution in [3.8, 4) is 5.75 Å². The Bertz CT molecular complexity index is 940. The lowest BCUT2D eigenvalue weighted by Gasteiger charge is -2.17. The summed E-state index contributed by atoms with van der Waals surface area (Å²) in [5.41, 5.74) is 2.63. The Kier molecular flexibility index (Phi) is 6.58. The Balaban J connectivity index is 1.90. The minimum Gasteiger partial charge on any atom is -0.496 e. The average molecular weight is 416 g/mol. The lowest BCUT2D eigenvalue weighted by atomic mass is 10.1. The molecule has 1 atom stereocenters. The molecule has 1 saturated heterocycles. The fourth-order valence-corrected chi connectivity index (χ4v) is 4.14. The van der Waals surface area contributed by atoms with Gasteiger partial charge in [0.25, 0.3) is 0 Å². The van der Waals surface area contributed by atoms with Crippen molar-refractivity contribution in [1.82, 2.24) is 20.0 Å².